The van der Waals surface area contributed by atoms with Crippen LogP contribution in [-0.4, -0.2) is 37.4 Å². The van der Waals surface area contributed by atoms with Crippen LogP contribution < -0.4 is 5.73 Å². The molecule has 0 bridgehead atoms. The van der Waals surface area contributed by atoms with E-state index in [1.165, 1.54) is 12.1 Å². The van der Waals surface area contributed by atoms with Gasteiger partial charge in [0, 0.05) is 25.9 Å². The maximum Gasteiger partial charge on any atom is 0.229 e. The van der Waals surface area contributed by atoms with E-state index >= 15 is 0 Å². The molecular weight excluding hydrogens is 280 g/mol. The largest absolute Gasteiger partial charge is 0.326 e. The Bertz CT molecular complexity index is 624. The highest BCUT2D eigenvalue weighted by atomic mass is 32.2. The second-order valence-electron chi connectivity index (χ2n) is 4.61. The van der Waals surface area contributed by atoms with Crippen molar-refractivity contribution in [2.75, 3.05) is 12.3 Å². The van der Waals surface area contributed by atoms with Gasteiger partial charge in [0.15, 0.2) is 9.84 Å². The van der Waals surface area contributed by atoms with Gasteiger partial charge in [0.05, 0.1) is 10.6 Å². The Balaban J connectivity index is 2.11. The molecule has 1 saturated heterocycles. The summed E-state index contributed by atoms with van der Waals surface area (Å²) in [5.74, 6) is -0.875. The summed E-state index contributed by atoms with van der Waals surface area (Å²) in [6.07, 6.45) is 0.336. The van der Waals surface area contributed by atoms with E-state index in [0.29, 0.717) is 0 Å². The molecule has 0 saturated carbocycles. The molecule has 1 aliphatic heterocycles. The Hall–Kier alpha value is -1.73. The highest BCUT2D eigenvalue weighted by Crippen LogP contribution is 2.16. The Morgan fingerprint density at radius 2 is 1.80 bits per heavy atom. The maximum absolute atomic E-state index is 12.2. The Labute approximate surface area is 117 Å². The van der Waals surface area contributed by atoms with Gasteiger partial charge in [-0.15, -0.1) is 0 Å². The van der Waals surface area contributed by atoms with Crippen LogP contribution in [-0.2, 0) is 26.0 Å². The molecule has 7 heteroatoms. The van der Waals surface area contributed by atoms with Gasteiger partial charge in [0.25, 0.3) is 0 Å². The van der Waals surface area contributed by atoms with Crippen molar-refractivity contribution in [2.45, 2.75) is 24.3 Å². The third-order valence-corrected chi connectivity index (χ3v) is 4.92. The van der Waals surface area contributed by atoms with Crippen molar-refractivity contribution < 1.29 is 18.0 Å². The summed E-state index contributed by atoms with van der Waals surface area (Å²) in [5.41, 5.74) is 6.20. The van der Waals surface area contributed by atoms with Crippen LogP contribution in [0.25, 0.3) is 0 Å². The molecule has 6 nitrogen and oxygen atoms in total. The Morgan fingerprint density at radius 1 is 1.15 bits per heavy atom. The van der Waals surface area contributed by atoms with Gasteiger partial charge in [-0.25, -0.2) is 8.42 Å². The van der Waals surface area contributed by atoms with E-state index in [-0.39, 0.29) is 48.4 Å². The van der Waals surface area contributed by atoms with Crippen LogP contribution >= 0.6 is 0 Å². The van der Waals surface area contributed by atoms with Crippen molar-refractivity contribution in [1.82, 2.24) is 4.90 Å². The number of carbonyl (C=O) groups is 2. The summed E-state index contributed by atoms with van der Waals surface area (Å²) < 4.78 is 24.4. The summed E-state index contributed by atoms with van der Waals surface area (Å²) in [4.78, 5) is 24.0. The minimum Gasteiger partial charge on any atom is -0.326 e. The van der Waals surface area contributed by atoms with Crippen molar-refractivity contribution in [2.24, 2.45) is 5.73 Å². The average Bonchev–Trinajstić information content (AvgIpc) is 2.76. The van der Waals surface area contributed by atoms with E-state index in [4.69, 9.17) is 5.73 Å². The van der Waals surface area contributed by atoms with Gasteiger partial charge in [0.1, 0.15) is 0 Å². The third-order valence-electron chi connectivity index (χ3n) is 3.23. The lowest BCUT2D eigenvalue weighted by atomic mass is 10.2. The summed E-state index contributed by atoms with van der Waals surface area (Å²) in [6, 6.07) is 6.37. The number of carbonyl (C=O) groups excluding carboxylic acids is 2. The number of hydrogen-bond acceptors (Lipinski definition) is 5. The van der Waals surface area contributed by atoms with E-state index in [1.54, 1.807) is 12.1 Å². The molecule has 2 N–H and O–H groups in total. The molecule has 1 aliphatic rings. The summed E-state index contributed by atoms with van der Waals surface area (Å²) in [5, 5.41) is 0. The molecule has 2 amide bonds. The van der Waals surface area contributed by atoms with Gasteiger partial charge in [-0.2, -0.15) is 0 Å². The average molecular weight is 296 g/mol. The topological polar surface area (TPSA) is 97.5 Å². The number of nitrogens with two attached hydrogens (primary N) is 1. The fraction of sp³-hybridized carbons (Fsp3) is 0.385. The first-order valence-electron chi connectivity index (χ1n) is 6.29. The second kappa shape index (κ2) is 5.72. The minimum atomic E-state index is -3.53. The molecule has 0 spiro atoms. The van der Waals surface area contributed by atoms with Gasteiger partial charge < -0.3 is 5.73 Å². The number of hydrogen-bond donors (Lipinski definition) is 1. The molecule has 20 heavy (non-hydrogen) atoms. The number of imide groups is 1. The third kappa shape index (κ3) is 3.05. The molecule has 108 valence electrons. The predicted octanol–water partition coefficient (Wildman–Crippen LogP) is 0.0680. The van der Waals surface area contributed by atoms with Crippen LogP contribution in [0, 0.1) is 0 Å². The number of nitrogens with zero attached hydrogens (tertiary/aromatic N) is 1. The number of benzene rings is 1. The molecular formula is C13H16N2O4S. The van der Waals surface area contributed by atoms with Crippen molar-refractivity contribution in [3.05, 3.63) is 29.8 Å². The van der Waals surface area contributed by atoms with Crippen LogP contribution in [0.3, 0.4) is 0 Å². The zero-order chi connectivity index (χ0) is 14.8. The first kappa shape index (κ1) is 14.7. The standard InChI is InChI=1S/C13H16N2O4S/c14-9-10-2-1-3-11(8-10)20(18,19)7-6-15-12(16)4-5-13(15)17/h1-3,8H,4-7,9,14H2. The molecule has 1 aromatic rings. The van der Waals surface area contributed by atoms with Gasteiger partial charge in [0.2, 0.25) is 11.8 Å². The number of likely N-dealkylation sites (tertiary alicyclic amines) is 1. The van der Waals surface area contributed by atoms with Crippen molar-refractivity contribution in [1.29, 1.82) is 0 Å². The quantitative estimate of drug-likeness (QED) is 0.775. The molecule has 1 fully saturated rings. The number of sulfone groups is 1. The summed E-state index contributed by atoms with van der Waals surface area (Å²) >= 11 is 0. The summed E-state index contributed by atoms with van der Waals surface area (Å²) in [6.45, 7) is 0.166. The molecule has 1 aromatic carbocycles. The normalized spacial score (nSPS) is 15.9. The lowest BCUT2D eigenvalue weighted by Crippen LogP contribution is -2.33. The molecule has 0 atom stereocenters. The highest BCUT2D eigenvalue weighted by Gasteiger charge is 2.30. The van der Waals surface area contributed by atoms with Gasteiger partial charge in [-0.3, -0.25) is 14.5 Å². The molecule has 0 unspecified atom stereocenters. The van der Waals surface area contributed by atoms with Crippen molar-refractivity contribution in [3.63, 3.8) is 0 Å². The lowest BCUT2D eigenvalue weighted by molar-refractivity contribution is -0.137. The first-order valence-corrected chi connectivity index (χ1v) is 7.94. The first-order chi connectivity index (χ1) is 9.44. The molecule has 2 rings (SSSR count). The van der Waals surface area contributed by atoms with Gasteiger partial charge in [-0.1, -0.05) is 12.1 Å². The fourth-order valence-electron chi connectivity index (χ4n) is 2.07. The Kier molecular flexibility index (Phi) is 4.20. The smallest absolute Gasteiger partial charge is 0.229 e. The van der Waals surface area contributed by atoms with E-state index in [1.807, 2.05) is 0 Å². The number of rotatable bonds is 5. The fourth-order valence-corrected chi connectivity index (χ4v) is 3.34. The highest BCUT2D eigenvalue weighted by molar-refractivity contribution is 7.91. The van der Waals surface area contributed by atoms with Crippen LogP contribution in [0.15, 0.2) is 29.2 Å². The molecule has 1 heterocycles. The van der Waals surface area contributed by atoms with Crippen molar-refractivity contribution >= 4 is 21.7 Å². The SMILES string of the molecule is NCc1cccc(S(=O)(=O)CCN2C(=O)CCC2=O)c1. The van der Waals surface area contributed by atoms with Crippen LogP contribution in [0.2, 0.25) is 0 Å². The summed E-state index contributed by atoms with van der Waals surface area (Å²) in [7, 11) is -3.53. The van der Waals surface area contributed by atoms with Crippen molar-refractivity contribution in [3.8, 4) is 0 Å². The minimum absolute atomic E-state index is 0.0904. The number of amides is 2. The van der Waals surface area contributed by atoms with E-state index in [0.717, 1.165) is 10.5 Å². The zero-order valence-corrected chi connectivity index (χ0v) is 11.7. The maximum atomic E-state index is 12.2. The zero-order valence-electron chi connectivity index (χ0n) is 10.9. The van der Waals surface area contributed by atoms with Gasteiger partial charge in [-0.05, 0) is 17.7 Å². The van der Waals surface area contributed by atoms with E-state index in [2.05, 4.69) is 0 Å². The molecule has 0 radical (unpaired) electrons. The lowest BCUT2D eigenvalue weighted by Gasteiger charge is -2.13. The van der Waals surface area contributed by atoms with Crippen LogP contribution in [0.1, 0.15) is 18.4 Å². The Morgan fingerprint density at radius 3 is 2.40 bits per heavy atom. The van der Waals surface area contributed by atoms with Crippen LogP contribution in [0.4, 0.5) is 0 Å². The van der Waals surface area contributed by atoms with E-state index < -0.39 is 9.84 Å². The molecule has 0 aliphatic carbocycles. The van der Waals surface area contributed by atoms with Gasteiger partial charge >= 0.3 is 0 Å². The monoisotopic (exact) mass is 296 g/mol. The van der Waals surface area contributed by atoms with E-state index in [9.17, 15) is 18.0 Å². The van der Waals surface area contributed by atoms with Crippen LogP contribution in [0.5, 0.6) is 0 Å². The predicted molar refractivity (Wildman–Crippen MR) is 72.3 cm³/mol. The molecule has 0 aromatic heterocycles. The second-order valence-corrected chi connectivity index (χ2v) is 6.72.